The minimum Gasteiger partial charge on any atom is -0.335 e. The highest BCUT2D eigenvalue weighted by Gasteiger charge is 2.36. The zero-order valence-electron chi connectivity index (χ0n) is 16.6. The molecule has 8 heteroatoms. The summed E-state index contributed by atoms with van der Waals surface area (Å²) >= 11 is 0. The molecule has 0 aliphatic heterocycles. The number of sulfone groups is 1. The second kappa shape index (κ2) is 8.79. The van der Waals surface area contributed by atoms with E-state index in [1.807, 2.05) is 0 Å². The summed E-state index contributed by atoms with van der Waals surface area (Å²) in [6.07, 6.45) is -0.574. The van der Waals surface area contributed by atoms with Gasteiger partial charge >= 0.3 is 6.18 Å². The Labute approximate surface area is 174 Å². The van der Waals surface area contributed by atoms with Crippen molar-refractivity contribution in [2.24, 2.45) is 5.92 Å². The number of aryl methyl sites for hydroxylation is 1. The van der Waals surface area contributed by atoms with Gasteiger partial charge in [0.1, 0.15) is 0 Å². The fourth-order valence-electron chi connectivity index (χ4n) is 3.69. The Bertz CT molecular complexity index is 995. The Morgan fingerprint density at radius 2 is 1.67 bits per heavy atom. The second-order valence-electron chi connectivity index (χ2n) is 7.70. The molecule has 0 spiro atoms. The molecule has 0 heterocycles. The average molecular weight is 439 g/mol. The van der Waals surface area contributed by atoms with E-state index >= 15 is 0 Å². The second-order valence-corrected chi connectivity index (χ2v) is 9.74. The molecule has 1 amide bonds. The van der Waals surface area contributed by atoms with Crippen molar-refractivity contribution in [1.29, 1.82) is 0 Å². The number of alkyl halides is 3. The summed E-state index contributed by atoms with van der Waals surface area (Å²) < 4.78 is 66.3. The van der Waals surface area contributed by atoms with Gasteiger partial charge in [0.05, 0.1) is 10.5 Å². The van der Waals surface area contributed by atoms with E-state index in [2.05, 4.69) is 5.32 Å². The zero-order chi connectivity index (χ0) is 21.9. The maximum Gasteiger partial charge on any atom is 0.416 e. The number of hydrogen-bond donors (Lipinski definition) is 1. The van der Waals surface area contributed by atoms with E-state index in [0.29, 0.717) is 12.8 Å². The number of rotatable bonds is 5. The van der Waals surface area contributed by atoms with Crippen molar-refractivity contribution in [2.75, 3.05) is 0 Å². The topological polar surface area (TPSA) is 63.2 Å². The van der Waals surface area contributed by atoms with E-state index in [-0.39, 0.29) is 16.4 Å². The molecule has 1 aliphatic rings. The van der Waals surface area contributed by atoms with Crippen LogP contribution in [-0.2, 0) is 20.8 Å². The van der Waals surface area contributed by atoms with Crippen LogP contribution in [0.2, 0.25) is 0 Å². The average Bonchev–Trinajstić information content (AvgIpc) is 2.72. The summed E-state index contributed by atoms with van der Waals surface area (Å²) in [4.78, 5) is 12.7. The first kappa shape index (κ1) is 22.3. The van der Waals surface area contributed by atoms with Crippen LogP contribution in [0.4, 0.5) is 13.2 Å². The van der Waals surface area contributed by atoms with Crippen LogP contribution < -0.4 is 5.32 Å². The number of amides is 1. The van der Waals surface area contributed by atoms with Crippen LogP contribution in [-0.4, -0.2) is 14.3 Å². The number of nitrogens with one attached hydrogen (secondary N) is 1. The molecular weight excluding hydrogens is 415 g/mol. The van der Waals surface area contributed by atoms with Crippen molar-refractivity contribution in [3.05, 3.63) is 65.2 Å². The standard InChI is InChI=1S/C22H24F3NO3S/c1-15-10-12-19(13-11-15)30(28,29)21(26-20(27)16-6-3-2-4-7-16)17-8-5-9-18(14-17)22(23,24)25/h5,8-14,16,21H,2-4,6-7H2,1H3,(H,26,27). The summed E-state index contributed by atoms with van der Waals surface area (Å²) in [5.41, 5.74) is -0.235. The van der Waals surface area contributed by atoms with Crippen molar-refractivity contribution < 1.29 is 26.4 Å². The number of carbonyl (C=O) groups is 1. The molecule has 1 fully saturated rings. The molecule has 4 nitrogen and oxygen atoms in total. The lowest BCUT2D eigenvalue weighted by atomic mass is 9.88. The van der Waals surface area contributed by atoms with E-state index in [9.17, 15) is 26.4 Å². The van der Waals surface area contributed by atoms with Gasteiger partial charge in [-0.05, 0) is 49.6 Å². The highest BCUT2D eigenvalue weighted by Crippen LogP contribution is 2.34. The third-order valence-corrected chi connectivity index (χ3v) is 7.37. The number of hydrogen-bond acceptors (Lipinski definition) is 3. The van der Waals surface area contributed by atoms with E-state index in [1.54, 1.807) is 19.1 Å². The molecule has 1 N–H and O–H groups in total. The Morgan fingerprint density at radius 3 is 2.27 bits per heavy atom. The summed E-state index contributed by atoms with van der Waals surface area (Å²) in [6.45, 7) is 1.80. The molecule has 2 aromatic rings. The fraction of sp³-hybridized carbons (Fsp3) is 0.409. The fourth-order valence-corrected chi connectivity index (χ4v) is 5.26. The molecule has 30 heavy (non-hydrogen) atoms. The molecule has 162 valence electrons. The quantitative estimate of drug-likeness (QED) is 0.698. The molecule has 1 aliphatic carbocycles. The SMILES string of the molecule is Cc1ccc(S(=O)(=O)C(NC(=O)C2CCCCC2)c2cccc(C(F)(F)F)c2)cc1. The normalized spacial score (nSPS) is 16.8. The minimum absolute atomic E-state index is 0.0561. The Balaban J connectivity index is 2.02. The maximum atomic E-state index is 13.3. The van der Waals surface area contributed by atoms with Crippen LogP contribution in [0, 0.1) is 12.8 Å². The van der Waals surface area contributed by atoms with Gasteiger partial charge in [0, 0.05) is 5.92 Å². The van der Waals surface area contributed by atoms with Gasteiger partial charge in [-0.2, -0.15) is 13.2 Å². The lowest BCUT2D eigenvalue weighted by molar-refractivity contribution is -0.137. The van der Waals surface area contributed by atoms with E-state index < -0.39 is 32.9 Å². The molecule has 0 radical (unpaired) electrons. The first-order valence-electron chi connectivity index (χ1n) is 9.87. The molecular formula is C22H24F3NO3S. The van der Waals surface area contributed by atoms with Crippen LogP contribution in [0.15, 0.2) is 53.4 Å². The number of halogens is 3. The van der Waals surface area contributed by atoms with Crippen molar-refractivity contribution in [3.63, 3.8) is 0 Å². The van der Waals surface area contributed by atoms with Crippen molar-refractivity contribution >= 4 is 15.7 Å². The lowest BCUT2D eigenvalue weighted by Crippen LogP contribution is -2.38. The largest absolute Gasteiger partial charge is 0.416 e. The van der Waals surface area contributed by atoms with E-state index in [4.69, 9.17) is 0 Å². The predicted octanol–water partition coefficient (Wildman–Crippen LogP) is 5.18. The van der Waals surface area contributed by atoms with Crippen LogP contribution in [0.25, 0.3) is 0 Å². The van der Waals surface area contributed by atoms with Gasteiger partial charge in [0.25, 0.3) is 0 Å². The molecule has 1 saturated carbocycles. The summed E-state index contributed by atoms with van der Waals surface area (Å²) in [5.74, 6) is -0.770. The highest BCUT2D eigenvalue weighted by atomic mass is 32.2. The summed E-state index contributed by atoms with van der Waals surface area (Å²) in [6, 6.07) is 10.1. The molecule has 2 aromatic carbocycles. The highest BCUT2D eigenvalue weighted by molar-refractivity contribution is 7.91. The molecule has 0 aromatic heterocycles. The Kier molecular flexibility index (Phi) is 6.55. The first-order valence-corrected chi connectivity index (χ1v) is 11.4. The van der Waals surface area contributed by atoms with Crippen molar-refractivity contribution in [1.82, 2.24) is 5.32 Å². The third kappa shape index (κ3) is 5.03. The van der Waals surface area contributed by atoms with E-state index in [0.717, 1.165) is 43.0 Å². The van der Waals surface area contributed by atoms with Gasteiger partial charge in [0.2, 0.25) is 15.7 Å². The Morgan fingerprint density at radius 1 is 1.03 bits per heavy atom. The number of carbonyl (C=O) groups excluding carboxylic acids is 1. The zero-order valence-corrected chi connectivity index (χ0v) is 17.4. The van der Waals surface area contributed by atoms with Crippen LogP contribution in [0.3, 0.4) is 0 Å². The van der Waals surface area contributed by atoms with Crippen molar-refractivity contribution in [3.8, 4) is 0 Å². The molecule has 0 bridgehead atoms. The monoisotopic (exact) mass is 439 g/mol. The van der Waals surface area contributed by atoms with Gasteiger partial charge in [0.15, 0.2) is 5.37 Å². The minimum atomic E-state index is -4.62. The predicted molar refractivity (Wildman–Crippen MR) is 107 cm³/mol. The first-order chi connectivity index (χ1) is 14.1. The molecule has 3 rings (SSSR count). The maximum absolute atomic E-state index is 13.3. The molecule has 1 unspecified atom stereocenters. The number of benzene rings is 2. The van der Waals surface area contributed by atoms with E-state index in [1.165, 1.54) is 18.2 Å². The van der Waals surface area contributed by atoms with Gasteiger partial charge in [-0.25, -0.2) is 8.42 Å². The van der Waals surface area contributed by atoms with Crippen LogP contribution >= 0.6 is 0 Å². The molecule has 1 atom stereocenters. The summed E-state index contributed by atoms with van der Waals surface area (Å²) in [5, 5.41) is 0.941. The van der Waals surface area contributed by atoms with Gasteiger partial charge in [-0.3, -0.25) is 4.79 Å². The van der Waals surface area contributed by atoms with Crippen LogP contribution in [0.1, 0.15) is 54.2 Å². The third-order valence-electron chi connectivity index (χ3n) is 5.43. The molecule has 0 saturated heterocycles. The van der Waals surface area contributed by atoms with Crippen LogP contribution in [0.5, 0.6) is 0 Å². The van der Waals surface area contributed by atoms with Crippen molar-refractivity contribution in [2.45, 2.75) is 55.5 Å². The Hall–Kier alpha value is -2.35. The van der Waals surface area contributed by atoms with Gasteiger partial charge in [-0.15, -0.1) is 0 Å². The lowest BCUT2D eigenvalue weighted by Gasteiger charge is -2.26. The van der Waals surface area contributed by atoms with Gasteiger partial charge < -0.3 is 5.32 Å². The summed E-state index contributed by atoms with van der Waals surface area (Å²) in [7, 11) is -4.17. The van der Waals surface area contributed by atoms with Gasteiger partial charge in [-0.1, -0.05) is 49.1 Å². The smallest absolute Gasteiger partial charge is 0.335 e.